The SMILES string of the molecule is CCC.CCC.CCCC.CCCC(CC1CC(=O)c2c(C)ccc(C)c2C1)C(CC)C(=O)CC(C)=O.CCCC(CC1CC(=O)c2c(C)ccc(C)c2C1)C(CC)C(=O)CC(C)=O. The van der Waals surface area contributed by atoms with Gasteiger partial charge in [-0.15, -0.1) is 0 Å². The van der Waals surface area contributed by atoms with Gasteiger partial charge in [0.15, 0.2) is 11.6 Å². The number of hydrogen-bond acceptors (Lipinski definition) is 6. The number of Topliss-reactive ketones (excluding diaryl/α,β-unsaturated/α-hetero) is 6. The Morgan fingerprint density at radius 1 is 0.484 bits per heavy atom. The first-order valence-electron chi connectivity index (χ1n) is 25.6. The monoisotopic (exact) mass is 887 g/mol. The first-order valence-corrected chi connectivity index (χ1v) is 25.6. The molecule has 2 aromatic carbocycles. The minimum atomic E-state index is -0.0658. The lowest BCUT2D eigenvalue weighted by molar-refractivity contribution is -0.131. The first kappa shape index (κ1) is 60.5. The van der Waals surface area contributed by atoms with Gasteiger partial charge < -0.3 is 0 Å². The normalized spacial score (nSPS) is 16.8. The Labute approximate surface area is 392 Å². The maximum atomic E-state index is 12.8. The van der Waals surface area contributed by atoms with E-state index in [0.29, 0.717) is 24.7 Å². The van der Waals surface area contributed by atoms with E-state index in [1.54, 1.807) is 0 Å². The van der Waals surface area contributed by atoms with Crippen LogP contribution in [0.5, 0.6) is 0 Å². The predicted molar refractivity (Wildman–Crippen MR) is 271 cm³/mol. The van der Waals surface area contributed by atoms with Crippen molar-refractivity contribution in [2.24, 2.45) is 35.5 Å². The highest BCUT2D eigenvalue weighted by Gasteiger charge is 2.35. The number of hydrogen-bond donors (Lipinski definition) is 0. The third-order valence-electron chi connectivity index (χ3n) is 12.8. The van der Waals surface area contributed by atoms with Crippen LogP contribution in [-0.4, -0.2) is 34.7 Å². The summed E-state index contributed by atoms with van der Waals surface area (Å²) in [6, 6.07) is 8.30. The van der Waals surface area contributed by atoms with Crippen molar-refractivity contribution in [1.29, 1.82) is 0 Å². The molecule has 0 heterocycles. The highest BCUT2D eigenvalue weighted by atomic mass is 16.2. The smallest absolute Gasteiger partial charge is 0.163 e. The molecule has 2 aliphatic carbocycles. The summed E-state index contributed by atoms with van der Waals surface area (Å²) in [6.45, 7) is 32.4. The second-order valence-electron chi connectivity index (χ2n) is 19.2. The molecule has 4 rings (SSSR count). The standard InChI is InChI=1S/2C24H34O3.C4H10.2C3H8/c2*1-6-8-19(20(7-2)22(26)11-17(5)25)12-18-13-21-15(3)9-10-16(4)24(21)23(27)14-18;1-3-4-2;2*1-3-2/h2*9-10,18-20H,6-8,11-14H2,1-5H3;3-4H2,1-2H3;2*3H2,1-2H3. The molecule has 0 spiro atoms. The van der Waals surface area contributed by atoms with Gasteiger partial charge in [0.2, 0.25) is 0 Å². The molecule has 0 aliphatic heterocycles. The Bertz CT molecular complexity index is 1620. The van der Waals surface area contributed by atoms with E-state index in [0.717, 1.165) is 86.5 Å². The molecule has 2 aromatic rings. The zero-order valence-corrected chi connectivity index (χ0v) is 44.0. The Balaban J connectivity index is 0.00000103. The number of aryl methyl sites for hydroxylation is 4. The highest BCUT2D eigenvalue weighted by molar-refractivity contribution is 6.02. The topological polar surface area (TPSA) is 102 Å². The van der Waals surface area contributed by atoms with Crippen molar-refractivity contribution in [2.45, 2.75) is 226 Å². The van der Waals surface area contributed by atoms with E-state index in [9.17, 15) is 28.8 Å². The number of ketones is 6. The third kappa shape index (κ3) is 20.3. The van der Waals surface area contributed by atoms with Gasteiger partial charge in [-0.1, -0.05) is 145 Å². The molecule has 6 unspecified atom stereocenters. The van der Waals surface area contributed by atoms with Gasteiger partial charge in [-0.3, -0.25) is 28.8 Å². The Hall–Kier alpha value is -3.54. The summed E-state index contributed by atoms with van der Waals surface area (Å²) in [5.41, 5.74) is 8.81. The van der Waals surface area contributed by atoms with Crippen molar-refractivity contribution >= 4 is 34.7 Å². The van der Waals surface area contributed by atoms with E-state index < -0.39 is 0 Å². The van der Waals surface area contributed by atoms with Crippen LogP contribution in [0.15, 0.2) is 24.3 Å². The van der Waals surface area contributed by atoms with Crippen LogP contribution in [0.2, 0.25) is 0 Å². The largest absolute Gasteiger partial charge is 0.300 e. The van der Waals surface area contributed by atoms with Gasteiger partial charge in [-0.25, -0.2) is 0 Å². The fourth-order valence-electron chi connectivity index (χ4n) is 9.79. The van der Waals surface area contributed by atoms with Crippen LogP contribution in [0, 0.1) is 63.2 Å². The van der Waals surface area contributed by atoms with E-state index in [1.807, 2.05) is 39.8 Å². The minimum absolute atomic E-state index is 0.0451. The Morgan fingerprint density at radius 3 is 1.03 bits per heavy atom. The fourth-order valence-corrected chi connectivity index (χ4v) is 9.79. The molecule has 6 heteroatoms. The lowest BCUT2D eigenvalue weighted by Crippen LogP contribution is -2.30. The van der Waals surface area contributed by atoms with Gasteiger partial charge >= 0.3 is 0 Å². The van der Waals surface area contributed by atoms with Gasteiger partial charge in [0.1, 0.15) is 23.1 Å². The number of carbonyl (C=O) groups is 6. The molecule has 0 aromatic heterocycles. The molecule has 362 valence electrons. The maximum absolute atomic E-state index is 12.8. The summed E-state index contributed by atoms with van der Waals surface area (Å²) in [5, 5.41) is 0. The molecule has 0 N–H and O–H groups in total. The number of fused-ring (bicyclic) bond motifs is 2. The summed E-state index contributed by atoms with van der Waals surface area (Å²) in [4.78, 5) is 73.7. The van der Waals surface area contributed by atoms with Crippen molar-refractivity contribution in [3.8, 4) is 0 Å². The predicted octanol–water partition coefficient (Wildman–Crippen LogP) is 15.5. The van der Waals surface area contributed by atoms with Crippen LogP contribution in [0.3, 0.4) is 0 Å². The Kier molecular flexibility index (Phi) is 31.2. The van der Waals surface area contributed by atoms with E-state index >= 15 is 0 Å². The summed E-state index contributed by atoms with van der Waals surface area (Å²) < 4.78 is 0. The Morgan fingerprint density at radius 2 is 0.781 bits per heavy atom. The van der Waals surface area contributed by atoms with Crippen LogP contribution in [0.1, 0.15) is 240 Å². The third-order valence-corrected chi connectivity index (χ3v) is 12.8. The molecule has 64 heavy (non-hydrogen) atoms. The number of carbonyl (C=O) groups excluding carboxylic acids is 6. The van der Waals surface area contributed by atoms with Crippen LogP contribution in [0.25, 0.3) is 0 Å². The molecule has 2 aliphatic rings. The van der Waals surface area contributed by atoms with Crippen LogP contribution in [-0.2, 0) is 32.0 Å². The van der Waals surface area contributed by atoms with Gasteiger partial charge in [-0.05, 0) is 137 Å². The van der Waals surface area contributed by atoms with Gasteiger partial charge in [0, 0.05) is 35.8 Å². The van der Waals surface area contributed by atoms with E-state index in [2.05, 4.69) is 81.4 Å². The summed E-state index contributed by atoms with van der Waals surface area (Å²) in [7, 11) is 0. The van der Waals surface area contributed by atoms with Crippen LogP contribution < -0.4 is 0 Å². The van der Waals surface area contributed by atoms with Crippen molar-refractivity contribution in [3.63, 3.8) is 0 Å². The average Bonchev–Trinajstić information content (AvgIpc) is 3.21. The minimum Gasteiger partial charge on any atom is -0.300 e. The molecule has 0 bridgehead atoms. The van der Waals surface area contributed by atoms with Gasteiger partial charge in [0.05, 0.1) is 12.8 Å². The lowest BCUT2D eigenvalue weighted by Gasteiger charge is -2.32. The van der Waals surface area contributed by atoms with Crippen molar-refractivity contribution in [1.82, 2.24) is 0 Å². The number of unbranched alkanes of at least 4 members (excludes halogenated alkanes) is 1. The van der Waals surface area contributed by atoms with Crippen molar-refractivity contribution < 1.29 is 28.8 Å². The second kappa shape index (κ2) is 33.0. The summed E-state index contributed by atoms with van der Waals surface area (Å²) in [6.07, 6.45) is 15.6. The summed E-state index contributed by atoms with van der Waals surface area (Å²) >= 11 is 0. The molecular weight excluding hydrogens is 793 g/mol. The van der Waals surface area contributed by atoms with E-state index in [-0.39, 0.29) is 71.2 Å². The lowest BCUT2D eigenvalue weighted by atomic mass is 9.71. The van der Waals surface area contributed by atoms with E-state index in [1.165, 1.54) is 61.8 Å². The quantitative estimate of drug-likeness (QED) is 0.130. The zero-order valence-electron chi connectivity index (χ0n) is 44.0. The van der Waals surface area contributed by atoms with Crippen LogP contribution >= 0.6 is 0 Å². The van der Waals surface area contributed by atoms with Crippen molar-refractivity contribution in [3.05, 3.63) is 68.8 Å². The molecular formula is C58H94O6. The molecule has 0 saturated heterocycles. The maximum Gasteiger partial charge on any atom is 0.163 e. The van der Waals surface area contributed by atoms with Gasteiger partial charge in [0.25, 0.3) is 0 Å². The second-order valence-corrected chi connectivity index (χ2v) is 19.2. The van der Waals surface area contributed by atoms with Crippen LogP contribution in [0.4, 0.5) is 0 Å². The molecule has 6 nitrogen and oxygen atoms in total. The molecule has 6 atom stereocenters. The zero-order chi connectivity index (χ0) is 49.1. The summed E-state index contributed by atoms with van der Waals surface area (Å²) in [5.74, 6) is 1.53. The molecule has 0 saturated carbocycles. The molecule has 0 radical (unpaired) electrons. The number of rotatable bonds is 19. The van der Waals surface area contributed by atoms with Gasteiger partial charge in [-0.2, -0.15) is 0 Å². The fraction of sp³-hybridized carbons (Fsp3) is 0.690. The van der Waals surface area contributed by atoms with E-state index in [4.69, 9.17) is 0 Å². The molecule has 0 amide bonds. The number of benzene rings is 2. The first-order chi connectivity index (χ1) is 30.3. The van der Waals surface area contributed by atoms with Crippen molar-refractivity contribution in [2.75, 3.05) is 0 Å². The highest BCUT2D eigenvalue weighted by Crippen LogP contribution is 2.39. The molecule has 0 fully saturated rings. The average molecular weight is 887 g/mol.